The fraction of sp³-hybridized carbons (Fsp3) is 0. The Morgan fingerprint density at radius 2 is 0.607 bits per heavy atom. The average Bonchev–Trinajstić information content (AvgIpc) is 2.76. The van der Waals surface area contributed by atoms with Gasteiger partial charge in [0.15, 0.2) is 0 Å². The van der Waals surface area contributed by atoms with E-state index in [0.29, 0.717) is 0 Å². The van der Waals surface area contributed by atoms with Gasteiger partial charge in [0.1, 0.15) is 23.0 Å². The van der Waals surface area contributed by atoms with Gasteiger partial charge in [-0.15, -0.1) is 0 Å². The predicted molar refractivity (Wildman–Crippen MR) is 114 cm³/mol. The number of fused-ring (bicyclic) bond motifs is 4. The van der Waals surface area contributed by atoms with Crippen LogP contribution in [0.15, 0.2) is 117 Å². The van der Waals surface area contributed by atoms with E-state index in [4.69, 9.17) is 9.47 Å². The lowest BCUT2D eigenvalue weighted by Gasteiger charge is -2.18. The molecule has 2 aliphatic rings. The largest absolute Gasteiger partial charge is 0.455 e. The molecule has 0 amide bonds. The van der Waals surface area contributed by atoms with E-state index in [2.05, 4.69) is 24.3 Å². The van der Waals surface area contributed by atoms with E-state index < -0.39 is 0 Å². The second-order valence-corrected chi connectivity index (χ2v) is 8.36. The summed E-state index contributed by atoms with van der Waals surface area (Å²) in [6.07, 6.45) is 0. The molecule has 2 heterocycles. The molecule has 2 nitrogen and oxygen atoms in total. The van der Waals surface area contributed by atoms with Crippen molar-refractivity contribution in [3.05, 3.63) is 97.1 Å². The van der Waals surface area contributed by atoms with Gasteiger partial charge in [0, 0.05) is 0 Å². The van der Waals surface area contributed by atoms with Crippen LogP contribution < -0.4 is 9.47 Å². The molecule has 0 fully saturated rings. The molecule has 0 saturated carbocycles. The quantitative estimate of drug-likeness (QED) is 0.258. The number of benzene rings is 4. The Balaban J connectivity index is 0.000000122. The standard InChI is InChI=1S/2C12H8OS/c2*1-3-7-11-9(5-1)13-10-6-2-4-8-12(10)14-11/h2*1-8H. The van der Waals surface area contributed by atoms with Gasteiger partial charge in [0.05, 0.1) is 19.6 Å². The van der Waals surface area contributed by atoms with E-state index in [-0.39, 0.29) is 0 Å². The van der Waals surface area contributed by atoms with Gasteiger partial charge >= 0.3 is 0 Å². The van der Waals surface area contributed by atoms with Crippen molar-refractivity contribution in [3.63, 3.8) is 0 Å². The van der Waals surface area contributed by atoms with Crippen molar-refractivity contribution in [3.8, 4) is 23.0 Å². The van der Waals surface area contributed by atoms with Crippen LogP contribution in [-0.4, -0.2) is 0 Å². The number of ether oxygens (including phenoxy) is 2. The van der Waals surface area contributed by atoms with Crippen LogP contribution in [0.3, 0.4) is 0 Å². The first kappa shape index (κ1) is 17.3. The lowest BCUT2D eigenvalue weighted by Crippen LogP contribution is -1.93. The van der Waals surface area contributed by atoms with E-state index in [1.165, 1.54) is 19.6 Å². The molecule has 4 heteroatoms. The zero-order chi connectivity index (χ0) is 18.8. The van der Waals surface area contributed by atoms with E-state index in [1.54, 1.807) is 23.5 Å². The summed E-state index contributed by atoms with van der Waals surface area (Å²) in [6.45, 7) is 0. The molecular formula is C24H16O2S2. The minimum atomic E-state index is 0.955. The van der Waals surface area contributed by atoms with Gasteiger partial charge < -0.3 is 9.47 Å². The zero-order valence-electron chi connectivity index (χ0n) is 14.9. The monoisotopic (exact) mass is 400 g/mol. The Kier molecular flexibility index (Phi) is 4.73. The maximum atomic E-state index is 5.76. The summed E-state index contributed by atoms with van der Waals surface area (Å²) in [7, 11) is 0. The molecule has 4 aromatic carbocycles. The topological polar surface area (TPSA) is 18.5 Å². The van der Waals surface area contributed by atoms with Gasteiger partial charge in [-0.1, -0.05) is 72.1 Å². The van der Waals surface area contributed by atoms with Gasteiger partial charge in [0.2, 0.25) is 0 Å². The van der Waals surface area contributed by atoms with Crippen LogP contribution in [0.5, 0.6) is 23.0 Å². The molecule has 0 bridgehead atoms. The van der Waals surface area contributed by atoms with Gasteiger partial charge in [0.25, 0.3) is 0 Å². The van der Waals surface area contributed by atoms with Crippen molar-refractivity contribution in [1.29, 1.82) is 0 Å². The lowest BCUT2D eigenvalue weighted by molar-refractivity contribution is 0.454. The Hall–Kier alpha value is -2.82. The summed E-state index contributed by atoms with van der Waals surface area (Å²) < 4.78 is 11.5. The van der Waals surface area contributed by atoms with Crippen molar-refractivity contribution >= 4 is 23.5 Å². The first-order valence-electron chi connectivity index (χ1n) is 8.94. The lowest BCUT2D eigenvalue weighted by atomic mass is 10.3. The van der Waals surface area contributed by atoms with E-state index in [0.717, 1.165) is 23.0 Å². The molecule has 0 N–H and O–H groups in total. The first-order chi connectivity index (χ1) is 13.9. The van der Waals surface area contributed by atoms with Gasteiger partial charge in [-0.2, -0.15) is 0 Å². The van der Waals surface area contributed by atoms with Gasteiger partial charge in [-0.25, -0.2) is 0 Å². The Morgan fingerprint density at radius 1 is 0.357 bits per heavy atom. The average molecular weight is 401 g/mol. The van der Waals surface area contributed by atoms with Gasteiger partial charge in [-0.3, -0.25) is 0 Å². The highest BCUT2D eigenvalue weighted by Gasteiger charge is 2.16. The highest BCUT2D eigenvalue weighted by molar-refractivity contribution is 7.99. The van der Waals surface area contributed by atoms with Crippen LogP contribution in [0.2, 0.25) is 0 Å². The number of hydrogen-bond acceptors (Lipinski definition) is 4. The van der Waals surface area contributed by atoms with Crippen LogP contribution in [0.1, 0.15) is 0 Å². The van der Waals surface area contributed by atoms with Crippen molar-refractivity contribution < 1.29 is 9.47 Å². The molecule has 6 rings (SSSR count). The molecular weight excluding hydrogens is 384 g/mol. The van der Waals surface area contributed by atoms with Gasteiger partial charge in [-0.05, 0) is 48.5 Å². The molecule has 0 aliphatic carbocycles. The molecule has 0 atom stereocenters. The second-order valence-electron chi connectivity index (χ2n) is 6.20. The summed E-state index contributed by atoms with van der Waals surface area (Å²) in [4.78, 5) is 4.75. The first-order valence-corrected chi connectivity index (χ1v) is 10.6. The number of hydrogen-bond donors (Lipinski definition) is 0. The summed E-state index contributed by atoms with van der Waals surface area (Å²) in [5, 5.41) is 0. The fourth-order valence-electron chi connectivity index (χ4n) is 2.95. The maximum absolute atomic E-state index is 5.76. The van der Waals surface area contributed by atoms with Crippen molar-refractivity contribution in [2.75, 3.05) is 0 Å². The predicted octanol–water partition coefficient (Wildman–Crippen LogP) is 7.89. The van der Waals surface area contributed by atoms with Crippen molar-refractivity contribution in [2.24, 2.45) is 0 Å². The Morgan fingerprint density at radius 3 is 0.893 bits per heavy atom. The Bertz CT molecular complexity index is 875. The molecule has 0 spiro atoms. The molecule has 136 valence electrons. The molecule has 28 heavy (non-hydrogen) atoms. The van der Waals surface area contributed by atoms with E-state index in [1.807, 2.05) is 72.8 Å². The van der Waals surface area contributed by atoms with E-state index >= 15 is 0 Å². The zero-order valence-corrected chi connectivity index (χ0v) is 16.5. The smallest absolute Gasteiger partial charge is 0.141 e. The van der Waals surface area contributed by atoms with Crippen LogP contribution in [-0.2, 0) is 0 Å². The van der Waals surface area contributed by atoms with E-state index in [9.17, 15) is 0 Å². The van der Waals surface area contributed by atoms with Crippen molar-refractivity contribution in [1.82, 2.24) is 0 Å². The van der Waals surface area contributed by atoms with Crippen molar-refractivity contribution in [2.45, 2.75) is 19.6 Å². The third kappa shape index (κ3) is 3.49. The normalized spacial score (nSPS) is 12.6. The summed E-state index contributed by atoms with van der Waals surface area (Å²) in [5.74, 6) is 3.82. The minimum Gasteiger partial charge on any atom is -0.455 e. The third-order valence-electron chi connectivity index (χ3n) is 4.28. The minimum absolute atomic E-state index is 0.955. The van der Waals surface area contributed by atoms with Crippen LogP contribution >= 0.6 is 23.5 Å². The Labute approximate surface area is 172 Å². The molecule has 0 radical (unpaired) electrons. The number of rotatable bonds is 0. The number of para-hydroxylation sites is 4. The highest BCUT2D eigenvalue weighted by atomic mass is 32.2. The third-order valence-corrected chi connectivity index (χ3v) is 6.51. The molecule has 2 aliphatic heterocycles. The van der Waals surface area contributed by atoms with Crippen LogP contribution in [0.4, 0.5) is 0 Å². The summed E-state index contributed by atoms with van der Waals surface area (Å²) in [6, 6.07) is 32.4. The molecule has 0 aromatic heterocycles. The summed E-state index contributed by atoms with van der Waals surface area (Å²) in [5.41, 5.74) is 0. The summed E-state index contributed by atoms with van der Waals surface area (Å²) >= 11 is 3.51. The molecule has 0 unspecified atom stereocenters. The molecule has 4 aromatic rings. The second kappa shape index (κ2) is 7.66. The highest BCUT2D eigenvalue weighted by Crippen LogP contribution is 2.47. The SMILES string of the molecule is c1ccc2c(c1)Oc1ccccc1S2.c1ccc2c(c1)Oc1ccccc1S2. The molecule has 0 saturated heterocycles. The van der Waals surface area contributed by atoms with Crippen LogP contribution in [0, 0.1) is 0 Å². The fourth-order valence-corrected chi connectivity index (χ4v) is 4.85. The maximum Gasteiger partial charge on any atom is 0.141 e. The van der Waals surface area contributed by atoms with Crippen LogP contribution in [0.25, 0.3) is 0 Å².